The minimum absolute atomic E-state index is 0.221. The summed E-state index contributed by atoms with van der Waals surface area (Å²) in [7, 11) is 0. The van der Waals surface area contributed by atoms with Gasteiger partial charge < -0.3 is 5.32 Å². The highest BCUT2D eigenvalue weighted by atomic mass is 19.1. The Bertz CT molecular complexity index is 915. The van der Waals surface area contributed by atoms with E-state index in [-0.39, 0.29) is 11.4 Å². The summed E-state index contributed by atoms with van der Waals surface area (Å²) in [6.45, 7) is 4.22. The summed E-state index contributed by atoms with van der Waals surface area (Å²) in [5, 5.41) is 7.58. The Morgan fingerprint density at radius 3 is 2.88 bits per heavy atom. The molecule has 0 unspecified atom stereocenters. The second kappa shape index (κ2) is 6.66. The Morgan fingerprint density at radius 2 is 2.12 bits per heavy atom. The average Bonchev–Trinajstić information content (AvgIpc) is 2.93. The number of hydrogen-bond donors (Lipinski definition) is 2. The highest BCUT2D eigenvalue weighted by Crippen LogP contribution is 2.15. The number of aryl methyl sites for hydroxylation is 2. The van der Waals surface area contributed by atoms with Gasteiger partial charge in [0, 0.05) is 24.4 Å². The highest BCUT2D eigenvalue weighted by Gasteiger charge is 2.11. The van der Waals surface area contributed by atoms with Gasteiger partial charge in [-0.1, -0.05) is 19.1 Å². The van der Waals surface area contributed by atoms with E-state index in [1.807, 2.05) is 26.0 Å². The zero-order valence-corrected chi connectivity index (χ0v) is 13.5. The third kappa shape index (κ3) is 3.51. The van der Waals surface area contributed by atoms with E-state index >= 15 is 0 Å². The summed E-state index contributed by atoms with van der Waals surface area (Å²) in [6.07, 6.45) is 0.656. The fraction of sp³-hybridized carbons (Fsp3) is 0.235. The molecule has 0 bridgehead atoms. The van der Waals surface area contributed by atoms with E-state index in [2.05, 4.69) is 20.4 Å². The lowest BCUT2D eigenvalue weighted by molar-refractivity contribution is 0.626. The smallest absolute Gasteiger partial charge is 0.252 e. The van der Waals surface area contributed by atoms with Crippen LogP contribution in [0.25, 0.3) is 5.95 Å². The molecule has 2 heterocycles. The molecule has 0 spiro atoms. The molecule has 0 aliphatic heterocycles. The zero-order valence-electron chi connectivity index (χ0n) is 13.5. The van der Waals surface area contributed by atoms with Crippen LogP contribution in [0, 0.1) is 12.7 Å². The molecule has 2 N–H and O–H groups in total. The van der Waals surface area contributed by atoms with Gasteiger partial charge in [-0.3, -0.25) is 9.78 Å². The fourth-order valence-corrected chi connectivity index (χ4v) is 2.40. The van der Waals surface area contributed by atoms with E-state index in [1.165, 1.54) is 18.2 Å². The maximum atomic E-state index is 13.3. The van der Waals surface area contributed by atoms with Gasteiger partial charge >= 0.3 is 0 Å². The van der Waals surface area contributed by atoms with Crippen molar-refractivity contribution in [3.63, 3.8) is 0 Å². The topological polar surface area (TPSA) is 75.6 Å². The molecule has 0 aliphatic rings. The average molecular weight is 327 g/mol. The van der Waals surface area contributed by atoms with Gasteiger partial charge in [0.05, 0.1) is 5.69 Å². The molecule has 3 aromatic rings. The molecular formula is C17H18FN5O. The molecule has 2 aromatic heterocycles. The SMILES string of the molecule is CCc1cc(=O)[nH]c(-n2nc(C)cc2NCc2cccc(F)c2)n1. The Hall–Kier alpha value is -2.96. The Morgan fingerprint density at radius 1 is 1.29 bits per heavy atom. The van der Waals surface area contributed by atoms with E-state index in [1.54, 1.807) is 10.7 Å². The predicted molar refractivity (Wildman–Crippen MR) is 89.8 cm³/mol. The van der Waals surface area contributed by atoms with E-state index in [9.17, 15) is 9.18 Å². The molecule has 3 rings (SSSR count). The van der Waals surface area contributed by atoms with Crippen LogP contribution in [0.5, 0.6) is 0 Å². The molecule has 0 atom stereocenters. The molecular weight excluding hydrogens is 309 g/mol. The first-order valence-corrected chi connectivity index (χ1v) is 7.70. The lowest BCUT2D eigenvalue weighted by Gasteiger charge is -2.09. The maximum Gasteiger partial charge on any atom is 0.252 e. The lowest BCUT2D eigenvalue weighted by Crippen LogP contribution is -2.16. The third-order valence-corrected chi connectivity index (χ3v) is 3.54. The molecule has 0 radical (unpaired) electrons. The largest absolute Gasteiger partial charge is 0.366 e. The molecule has 0 fully saturated rings. The van der Waals surface area contributed by atoms with Gasteiger partial charge in [-0.2, -0.15) is 9.78 Å². The molecule has 7 heteroatoms. The number of halogens is 1. The van der Waals surface area contributed by atoms with E-state index in [0.717, 1.165) is 11.3 Å². The van der Waals surface area contributed by atoms with Crippen LogP contribution in [0.2, 0.25) is 0 Å². The van der Waals surface area contributed by atoms with Crippen LogP contribution >= 0.6 is 0 Å². The first-order valence-electron chi connectivity index (χ1n) is 7.70. The second-order valence-electron chi connectivity index (χ2n) is 5.48. The number of benzene rings is 1. The third-order valence-electron chi connectivity index (χ3n) is 3.54. The summed E-state index contributed by atoms with van der Waals surface area (Å²) in [6, 6.07) is 9.69. The van der Waals surface area contributed by atoms with Crippen LogP contribution in [-0.2, 0) is 13.0 Å². The van der Waals surface area contributed by atoms with Gasteiger partial charge in [0.2, 0.25) is 5.95 Å². The van der Waals surface area contributed by atoms with Crippen LogP contribution in [0.4, 0.5) is 10.2 Å². The maximum absolute atomic E-state index is 13.3. The summed E-state index contributed by atoms with van der Waals surface area (Å²) in [5.74, 6) is 0.753. The Balaban J connectivity index is 1.90. The van der Waals surface area contributed by atoms with Crippen molar-refractivity contribution in [1.82, 2.24) is 19.7 Å². The van der Waals surface area contributed by atoms with Crippen molar-refractivity contribution >= 4 is 5.82 Å². The normalized spacial score (nSPS) is 10.8. The summed E-state index contributed by atoms with van der Waals surface area (Å²) >= 11 is 0. The van der Waals surface area contributed by atoms with Gasteiger partial charge in [-0.25, -0.2) is 9.37 Å². The van der Waals surface area contributed by atoms with Crippen molar-refractivity contribution in [3.05, 3.63) is 69.5 Å². The number of nitrogens with zero attached hydrogens (tertiary/aromatic N) is 3. The van der Waals surface area contributed by atoms with E-state index in [0.29, 0.717) is 30.4 Å². The minimum atomic E-state index is -0.277. The van der Waals surface area contributed by atoms with Crippen LogP contribution in [-0.4, -0.2) is 19.7 Å². The zero-order chi connectivity index (χ0) is 17.1. The fourth-order valence-electron chi connectivity index (χ4n) is 2.40. The van der Waals surface area contributed by atoms with E-state index < -0.39 is 0 Å². The number of H-pyrrole nitrogens is 1. The number of hydrogen-bond acceptors (Lipinski definition) is 4. The standard InChI is InChI=1S/C17H18FN5O/c1-3-14-9-16(24)21-17(20-14)23-15(7-11(2)22-23)19-10-12-5-4-6-13(18)8-12/h4-9,19H,3,10H2,1-2H3,(H,20,21,24). The van der Waals surface area contributed by atoms with Crippen molar-refractivity contribution in [1.29, 1.82) is 0 Å². The van der Waals surface area contributed by atoms with Gasteiger partial charge in [-0.15, -0.1) is 0 Å². The first kappa shape index (κ1) is 15.9. The number of nitrogens with one attached hydrogen (secondary N) is 2. The monoisotopic (exact) mass is 327 g/mol. The Labute approximate surface area is 138 Å². The molecule has 6 nitrogen and oxygen atoms in total. The summed E-state index contributed by atoms with van der Waals surface area (Å²) in [5.41, 5.74) is 2.06. The Kier molecular flexibility index (Phi) is 4.41. The predicted octanol–water partition coefficient (Wildman–Crippen LogP) is 2.58. The quantitative estimate of drug-likeness (QED) is 0.755. The van der Waals surface area contributed by atoms with Crippen molar-refractivity contribution in [2.24, 2.45) is 0 Å². The molecule has 24 heavy (non-hydrogen) atoms. The number of aromatic amines is 1. The van der Waals surface area contributed by atoms with Gasteiger partial charge in [0.15, 0.2) is 0 Å². The molecule has 0 aliphatic carbocycles. The molecule has 0 saturated heterocycles. The molecule has 0 saturated carbocycles. The first-order chi connectivity index (χ1) is 11.5. The molecule has 1 aromatic carbocycles. The van der Waals surface area contributed by atoms with Gasteiger partial charge in [-0.05, 0) is 31.0 Å². The lowest BCUT2D eigenvalue weighted by atomic mass is 10.2. The number of anilines is 1. The van der Waals surface area contributed by atoms with Gasteiger partial charge in [0.1, 0.15) is 11.6 Å². The minimum Gasteiger partial charge on any atom is -0.366 e. The van der Waals surface area contributed by atoms with Crippen molar-refractivity contribution in [2.75, 3.05) is 5.32 Å². The second-order valence-corrected chi connectivity index (χ2v) is 5.48. The number of rotatable bonds is 5. The van der Waals surface area contributed by atoms with Crippen LogP contribution in [0.3, 0.4) is 0 Å². The van der Waals surface area contributed by atoms with Crippen LogP contribution in [0.15, 0.2) is 41.2 Å². The van der Waals surface area contributed by atoms with Crippen molar-refractivity contribution in [3.8, 4) is 5.95 Å². The van der Waals surface area contributed by atoms with Crippen molar-refractivity contribution < 1.29 is 4.39 Å². The van der Waals surface area contributed by atoms with Crippen LogP contribution in [0.1, 0.15) is 23.9 Å². The molecule has 124 valence electrons. The summed E-state index contributed by atoms with van der Waals surface area (Å²) < 4.78 is 14.8. The summed E-state index contributed by atoms with van der Waals surface area (Å²) in [4.78, 5) is 18.9. The van der Waals surface area contributed by atoms with Gasteiger partial charge in [0.25, 0.3) is 5.56 Å². The van der Waals surface area contributed by atoms with Crippen LogP contribution < -0.4 is 10.9 Å². The highest BCUT2D eigenvalue weighted by molar-refractivity contribution is 5.42. The van der Waals surface area contributed by atoms with E-state index in [4.69, 9.17) is 0 Å². The molecule has 0 amide bonds. The number of aromatic nitrogens is 4. The van der Waals surface area contributed by atoms with Crippen molar-refractivity contribution in [2.45, 2.75) is 26.8 Å².